The molecule has 0 atom stereocenters. The highest BCUT2D eigenvalue weighted by Gasteiger charge is 2.10. The van der Waals surface area contributed by atoms with Gasteiger partial charge in [0.2, 0.25) is 5.91 Å². The third-order valence-electron chi connectivity index (χ3n) is 4.02. The van der Waals surface area contributed by atoms with Crippen LogP contribution in [0.25, 0.3) is 10.8 Å². The average Bonchev–Trinajstić information content (AvgIpc) is 2.61. The molecule has 0 saturated carbocycles. The van der Waals surface area contributed by atoms with E-state index in [-0.39, 0.29) is 24.5 Å². The lowest BCUT2D eigenvalue weighted by Crippen LogP contribution is -2.13. The highest BCUT2D eigenvalue weighted by atomic mass is 16.2. The van der Waals surface area contributed by atoms with Crippen LogP contribution < -0.4 is 5.32 Å². The number of anilines is 1. The number of ketones is 1. The molecule has 1 amide bonds. The van der Waals surface area contributed by atoms with Crippen LogP contribution in [0.2, 0.25) is 0 Å². The van der Waals surface area contributed by atoms with Crippen LogP contribution >= 0.6 is 0 Å². The van der Waals surface area contributed by atoms with Gasteiger partial charge in [-0.25, -0.2) is 0 Å². The zero-order valence-corrected chi connectivity index (χ0v) is 13.6. The molecule has 0 aromatic heterocycles. The first-order valence-corrected chi connectivity index (χ1v) is 8.01. The van der Waals surface area contributed by atoms with Crippen LogP contribution in [-0.2, 0) is 4.79 Å². The molecule has 3 rings (SSSR count). The summed E-state index contributed by atoms with van der Waals surface area (Å²) in [6, 6.07) is 21.1. The molecule has 0 saturated heterocycles. The Hall–Kier alpha value is -2.94. The molecular formula is C21H19NO2. The number of carbonyl (C=O) groups is 2. The van der Waals surface area contributed by atoms with Crippen molar-refractivity contribution < 1.29 is 9.59 Å². The first-order chi connectivity index (χ1) is 11.6. The maximum absolute atomic E-state index is 12.2. The number of benzene rings is 3. The Morgan fingerprint density at radius 2 is 1.54 bits per heavy atom. The predicted molar refractivity (Wildman–Crippen MR) is 97.3 cm³/mol. The second kappa shape index (κ2) is 7.09. The third kappa shape index (κ3) is 3.69. The van der Waals surface area contributed by atoms with Crippen LogP contribution in [-0.4, -0.2) is 11.7 Å². The number of nitrogens with one attached hydrogen (secondary N) is 1. The SMILES string of the molecule is Cc1ccc(C(=O)CCC(=O)Nc2cccc3ccccc23)cc1. The fraction of sp³-hybridized carbons (Fsp3) is 0.143. The molecule has 3 heteroatoms. The summed E-state index contributed by atoms with van der Waals surface area (Å²) in [4.78, 5) is 24.3. The van der Waals surface area contributed by atoms with Gasteiger partial charge in [-0.05, 0) is 18.4 Å². The topological polar surface area (TPSA) is 46.2 Å². The van der Waals surface area contributed by atoms with Crippen molar-refractivity contribution in [3.8, 4) is 0 Å². The van der Waals surface area contributed by atoms with E-state index in [0.717, 1.165) is 22.0 Å². The second-order valence-corrected chi connectivity index (χ2v) is 5.86. The van der Waals surface area contributed by atoms with Gasteiger partial charge in [-0.2, -0.15) is 0 Å². The van der Waals surface area contributed by atoms with Gasteiger partial charge in [0, 0.05) is 29.5 Å². The Morgan fingerprint density at radius 1 is 0.833 bits per heavy atom. The van der Waals surface area contributed by atoms with Gasteiger partial charge in [0.05, 0.1) is 0 Å². The summed E-state index contributed by atoms with van der Waals surface area (Å²) in [6.07, 6.45) is 0.385. The van der Waals surface area contributed by atoms with Gasteiger partial charge in [-0.3, -0.25) is 9.59 Å². The molecule has 1 N–H and O–H groups in total. The molecule has 3 aromatic carbocycles. The number of hydrogen-bond donors (Lipinski definition) is 1. The van der Waals surface area contributed by atoms with E-state index in [1.807, 2.05) is 61.5 Å². The molecule has 0 aliphatic rings. The number of aryl methyl sites for hydroxylation is 1. The number of hydrogen-bond acceptors (Lipinski definition) is 2. The molecule has 3 aromatic rings. The number of fused-ring (bicyclic) bond motifs is 1. The van der Waals surface area contributed by atoms with E-state index in [1.54, 1.807) is 12.1 Å². The van der Waals surface area contributed by atoms with Gasteiger partial charge in [0.25, 0.3) is 0 Å². The zero-order valence-electron chi connectivity index (χ0n) is 13.6. The number of rotatable bonds is 5. The molecule has 0 spiro atoms. The van der Waals surface area contributed by atoms with Crippen LogP contribution in [0, 0.1) is 6.92 Å². The van der Waals surface area contributed by atoms with Crippen molar-refractivity contribution in [1.82, 2.24) is 0 Å². The fourth-order valence-electron chi connectivity index (χ4n) is 2.66. The molecular weight excluding hydrogens is 298 g/mol. The quantitative estimate of drug-likeness (QED) is 0.690. The van der Waals surface area contributed by atoms with Crippen molar-refractivity contribution in [2.75, 3.05) is 5.32 Å². The molecule has 0 unspecified atom stereocenters. The number of Topliss-reactive ketones (excluding diaryl/α,β-unsaturated/α-hetero) is 1. The van der Waals surface area contributed by atoms with E-state index in [1.165, 1.54) is 0 Å². The minimum atomic E-state index is -0.146. The maximum Gasteiger partial charge on any atom is 0.224 e. The summed E-state index contributed by atoms with van der Waals surface area (Å²) < 4.78 is 0. The van der Waals surface area contributed by atoms with E-state index in [9.17, 15) is 9.59 Å². The summed E-state index contributed by atoms with van der Waals surface area (Å²) in [5.41, 5.74) is 2.54. The van der Waals surface area contributed by atoms with Gasteiger partial charge in [-0.15, -0.1) is 0 Å². The van der Waals surface area contributed by atoms with Gasteiger partial charge in [-0.1, -0.05) is 66.2 Å². The summed E-state index contributed by atoms with van der Waals surface area (Å²) in [5.74, 6) is -0.158. The third-order valence-corrected chi connectivity index (χ3v) is 4.02. The lowest BCUT2D eigenvalue weighted by atomic mass is 10.0. The van der Waals surface area contributed by atoms with Crippen LogP contribution in [0.3, 0.4) is 0 Å². The van der Waals surface area contributed by atoms with Crippen molar-refractivity contribution >= 4 is 28.2 Å². The smallest absolute Gasteiger partial charge is 0.224 e. The summed E-state index contributed by atoms with van der Waals surface area (Å²) in [5, 5.41) is 4.98. The summed E-state index contributed by atoms with van der Waals surface area (Å²) >= 11 is 0. The van der Waals surface area contributed by atoms with E-state index >= 15 is 0 Å². The van der Waals surface area contributed by atoms with Crippen molar-refractivity contribution in [2.45, 2.75) is 19.8 Å². The van der Waals surface area contributed by atoms with Gasteiger partial charge in [0.1, 0.15) is 0 Å². The maximum atomic E-state index is 12.2. The Bertz CT molecular complexity index is 876. The van der Waals surface area contributed by atoms with Gasteiger partial charge < -0.3 is 5.32 Å². The molecule has 0 fully saturated rings. The largest absolute Gasteiger partial charge is 0.326 e. The lowest BCUT2D eigenvalue weighted by Gasteiger charge is -2.08. The Morgan fingerprint density at radius 3 is 2.33 bits per heavy atom. The minimum absolute atomic E-state index is 0.0110. The van der Waals surface area contributed by atoms with Crippen molar-refractivity contribution in [1.29, 1.82) is 0 Å². The predicted octanol–water partition coefficient (Wildman–Crippen LogP) is 4.75. The Kier molecular flexibility index (Phi) is 4.71. The van der Waals surface area contributed by atoms with Gasteiger partial charge >= 0.3 is 0 Å². The van der Waals surface area contributed by atoms with E-state index in [2.05, 4.69) is 5.32 Å². The van der Waals surface area contributed by atoms with Crippen LogP contribution in [0.4, 0.5) is 5.69 Å². The number of amides is 1. The Labute approximate surface area is 141 Å². The molecule has 0 aliphatic heterocycles. The Balaban J connectivity index is 1.63. The molecule has 3 nitrogen and oxygen atoms in total. The van der Waals surface area contributed by atoms with Crippen LogP contribution in [0.15, 0.2) is 66.7 Å². The van der Waals surface area contributed by atoms with Crippen molar-refractivity contribution in [3.05, 3.63) is 77.9 Å². The second-order valence-electron chi connectivity index (χ2n) is 5.86. The summed E-state index contributed by atoms with van der Waals surface area (Å²) in [7, 11) is 0. The zero-order chi connectivity index (χ0) is 16.9. The molecule has 0 aliphatic carbocycles. The van der Waals surface area contributed by atoms with E-state index < -0.39 is 0 Å². The molecule has 0 bridgehead atoms. The van der Waals surface area contributed by atoms with Crippen LogP contribution in [0.5, 0.6) is 0 Å². The minimum Gasteiger partial charge on any atom is -0.326 e. The molecule has 0 radical (unpaired) electrons. The molecule has 0 heterocycles. The normalized spacial score (nSPS) is 10.5. The van der Waals surface area contributed by atoms with E-state index in [0.29, 0.717) is 5.56 Å². The average molecular weight is 317 g/mol. The lowest BCUT2D eigenvalue weighted by molar-refractivity contribution is -0.116. The van der Waals surface area contributed by atoms with Crippen molar-refractivity contribution in [2.24, 2.45) is 0 Å². The van der Waals surface area contributed by atoms with Gasteiger partial charge in [0.15, 0.2) is 5.78 Å². The van der Waals surface area contributed by atoms with Crippen molar-refractivity contribution in [3.63, 3.8) is 0 Å². The first kappa shape index (κ1) is 15.9. The molecule has 120 valence electrons. The molecule has 24 heavy (non-hydrogen) atoms. The standard InChI is InChI=1S/C21H19NO2/c1-15-9-11-17(12-10-15)20(23)13-14-21(24)22-19-8-4-6-16-5-2-3-7-18(16)19/h2-12H,13-14H2,1H3,(H,22,24). The first-order valence-electron chi connectivity index (χ1n) is 8.01. The number of carbonyl (C=O) groups excluding carboxylic acids is 2. The van der Waals surface area contributed by atoms with E-state index in [4.69, 9.17) is 0 Å². The monoisotopic (exact) mass is 317 g/mol. The highest BCUT2D eigenvalue weighted by Crippen LogP contribution is 2.23. The highest BCUT2D eigenvalue weighted by molar-refractivity contribution is 6.04. The fourth-order valence-corrected chi connectivity index (χ4v) is 2.66. The van der Waals surface area contributed by atoms with Crippen LogP contribution in [0.1, 0.15) is 28.8 Å². The summed E-state index contributed by atoms with van der Waals surface area (Å²) in [6.45, 7) is 1.98.